The van der Waals surface area contributed by atoms with Gasteiger partial charge in [0.05, 0.1) is 16.5 Å². The first-order valence-corrected chi connectivity index (χ1v) is 12.0. The lowest BCUT2D eigenvalue weighted by atomic mass is 10.0. The van der Waals surface area contributed by atoms with E-state index in [1.807, 2.05) is 13.0 Å². The maximum Gasteiger partial charge on any atom is 0.404 e. The Labute approximate surface area is 193 Å². The largest absolute Gasteiger partial charge is 0.465 e. The van der Waals surface area contributed by atoms with Gasteiger partial charge in [-0.1, -0.05) is 29.8 Å². The van der Waals surface area contributed by atoms with E-state index in [1.165, 1.54) is 17.0 Å². The molecule has 2 amide bonds. The van der Waals surface area contributed by atoms with E-state index in [0.717, 1.165) is 5.56 Å². The lowest BCUT2D eigenvalue weighted by Crippen LogP contribution is -2.55. The number of carboxylic acid groups (broad SMARTS) is 1. The molecule has 9 nitrogen and oxygen atoms in total. The van der Waals surface area contributed by atoms with Gasteiger partial charge in [-0.15, -0.1) is 0 Å². The molecule has 1 aliphatic heterocycles. The molecule has 1 fully saturated rings. The molecule has 1 unspecified atom stereocenters. The van der Waals surface area contributed by atoms with Crippen molar-refractivity contribution in [3.63, 3.8) is 0 Å². The van der Waals surface area contributed by atoms with Crippen LogP contribution in [-0.4, -0.2) is 55.6 Å². The standard InChI is InChI=1S/C23H26N4O5S/c1-16-7-9-20(10-8-16)33(31,32)26-21(13-17-4-2-5-18(12-17)14-24)22(28)27-11-3-6-19(15-27)25-23(29)30/h2,4-5,7-10,12,19,21,25-26H,3,6,11,13,15H2,1H3,(H,29,30)/t19-,21?/m0/s1. The molecule has 2 aromatic carbocycles. The number of amides is 2. The molecule has 1 heterocycles. The lowest BCUT2D eigenvalue weighted by molar-refractivity contribution is -0.134. The third kappa shape index (κ3) is 6.54. The van der Waals surface area contributed by atoms with Crippen LogP contribution in [0.25, 0.3) is 0 Å². The van der Waals surface area contributed by atoms with E-state index in [9.17, 15) is 23.3 Å². The zero-order valence-electron chi connectivity index (χ0n) is 18.2. The summed E-state index contributed by atoms with van der Waals surface area (Å²) in [7, 11) is -4.00. The maximum absolute atomic E-state index is 13.4. The first-order valence-electron chi connectivity index (χ1n) is 10.5. The summed E-state index contributed by atoms with van der Waals surface area (Å²) in [5.74, 6) is -0.440. The van der Waals surface area contributed by atoms with Crippen LogP contribution in [-0.2, 0) is 21.2 Å². The van der Waals surface area contributed by atoms with Crippen LogP contribution in [0.2, 0.25) is 0 Å². The fraction of sp³-hybridized carbons (Fsp3) is 0.348. The van der Waals surface area contributed by atoms with Crippen LogP contribution in [0.1, 0.15) is 29.5 Å². The van der Waals surface area contributed by atoms with E-state index in [0.29, 0.717) is 30.5 Å². The number of piperidine rings is 1. The van der Waals surface area contributed by atoms with Crippen molar-refractivity contribution in [2.75, 3.05) is 13.1 Å². The molecule has 0 saturated carbocycles. The van der Waals surface area contributed by atoms with Crippen LogP contribution in [0.5, 0.6) is 0 Å². The zero-order valence-corrected chi connectivity index (χ0v) is 19.0. The summed E-state index contributed by atoms with van der Waals surface area (Å²) in [6.45, 7) is 2.40. The van der Waals surface area contributed by atoms with Gasteiger partial charge in [-0.25, -0.2) is 13.2 Å². The number of rotatable bonds is 7. The summed E-state index contributed by atoms with van der Waals surface area (Å²) in [6, 6.07) is 13.5. The fourth-order valence-electron chi connectivity index (χ4n) is 3.85. The number of nitrogens with zero attached hydrogens (tertiary/aromatic N) is 2. The molecule has 3 N–H and O–H groups in total. The monoisotopic (exact) mass is 470 g/mol. The van der Waals surface area contributed by atoms with E-state index in [2.05, 4.69) is 10.0 Å². The van der Waals surface area contributed by atoms with Crippen LogP contribution >= 0.6 is 0 Å². The number of nitrogens with one attached hydrogen (secondary N) is 2. The molecule has 2 aromatic rings. The Morgan fingerprint density at radius 3 is 2.64 bits per heavy atom. The molecular weight excluding hydrogens is 444 g/mol. The van der Waals surface area contributed by atoms with Gasteiger partial charge in [-0.3, -0.25) is 4.79 Å². The van der Waals surface area contributed by atoms with Crippen molar-refractivity contribution >= 4 is 22.0 Å². The third-order valence-corrected chi connectivity index (χ3v) is 6.97. The molecule has 0 spiro atoms. The minimum atomic E-state index is -4.00. The predicted octanol–water partition coefficient (Wildman–Crippen LogP) is 2.01. The lowest BCUT2D eigenvalue weighted by Gasteiger charge is -2.35. The second-order valence-corrected chi connectivity index (χ2v) is 9.79. The number of carbonyl (C=O) groups is 2. The summed E-state index contributed by atoms with van der Waals surface area (Å²) >= 11 is 0. The van der Waals surface area contributed by atoms with Crippen molar-refractivity contribution in [2.45, 2.75) is 43.2 Å². The van der Waals surface area contributed by atoms with Crippen molar-refractivity contribution < 1.29 is 23.1 Å². The zero-order chi connectivity index (χ0) is 24.0. The average Bonchev–Trinajstić information content (AvgIpc) is 2.78. The van der Waals surface area contributed by atoms with Gasteiger partial charge in [0.1, 0.15) is 6.04 Å². The quantitative estimate of drug-likeness (QED) is 0.566. The number of aryl methyl sites for hydroxylation is 1. The van der Waals surface area contributed by atoms with Crippen LogP contribution in [0.4, 0.5) is 4.79 Å². The molecule has 0 aliphatic carbocycles. The SMILES string of the molecule is Cc1ccc(S(=O)(=O)NC(Cc2cccc(C#N)c2)C(=O)N2CCC[C@H](NC(=O)O)C2)cc1. The van der Waals surface area contributed by atoms with Crippen LogP contribution in [0.15, 0.2) is 53.4 Å². The Kier molecular flexibility index (Phi) is 7.68. The Balaban J connectivity index is 1.87. The minimum absolute atomic E-state index is 0.0424. The van der Waals surface area contributed by atoms with Gasteiger partial charge < -0.3 is 15.3 Å². The normalized spacial score (nSPS) is 17.1. The van der Waals surface area contributed by atoms with Crippen LogP contribution in [0, 0.1) is 18.3 Å². The van der Waals surface area contributed by atoms with Gasteiger partial charge in [-0.05, 0) is 56.0 Å². The highest BCUT2D eigenvalue weighted by Gasteiger charge is 2.32. The molecule has 1 aliphatic rings. The number of carbonyl (C=O) groups excluding carboxylic acids is 1. The van der Waals surface area contributed by atoms with Crippen molar-refractivity contribution in [1.29, 1.82) is 5.26 Å². The molecule has 0 aromatic heterocycles. The van der Waals surface area contributed by atoms with Crippen molar-refractivity contribution in [3.05, 3.63) is 65.2 Å². The molecule has 2 atom stereocenters. The van der Waals surface area contributed by atoms with Crippen molar-refractivity contribution in [3.8, 4) is 6.07 Å². The van der Waals surface area contributed by atoms with Crippen molar-refractivity contribution in [2.24, 2.45) is 0 Å². The van der Waals surface area contributed by atoms with Crippen LogP contribution < -0.4 is 10.0 Å². The second kappa shape index (κ2) is 10.5. The predicted molar refractivity (Wildman–Crippen MR) is 121 cm³/mol. The van der Waals surface area contributed by atoms with E-state index >= 15 is 0 Å². The van der Waals surface area contributed by atoms with Gasteiger partial charge in [0.2, 0.25) is 15.9 Å². The second-order valence-electron chi connectivity index (χ2n) is 8.08. The topological polar surface area (TPSA) is 140 Å². The number of benzene rings is 2. The number of nitriles is 1. The molecule has 33 heavy (non-hydrogen) atoms. The summed E-state index contributed by atoms with van der Waals surface area (Å²) in [4.78, 5) is 26.0. The van der Waals surface area contributed by atoms with Gasteiger partial charge in [0, 0.05) is 19.1 Å². The average molecular weight is 471 g/mol. The van der Waals surface area contributed by atoms with Gasteiger partial charge in [0.15, 0.2) is 0 Å². The Bertz CT molecular complexity index is 1160. The third-order valence-electron chi connectivity index (χ3n) is 5.48. The Hall–Kier alpha value is -3.42. The first kappa shape index (κ1) is 24.2. The van der Waals surface area contributed by atoms with Gasteiger partial charge >= 0.3 is 6.09 Å². The number of likely N-dealkylation sites (tertiary alicyclic amines) is 1. The number of sulfonamides is 1. The molecule has 0 radical (unpaired) electrons. The Morgan fingerprint density at radius 1 is 1.24 bits per heavy atom. The van der Waals surface area contributed by atoms with E-state index < -0.39 is 34.1 Å². The molecule has 174 valence electrons. The summed E-state index contributed by atoms with van der Waals surface area (Å²) in [6.07, 6.45) is 0.0738. The minimum Gasteiger partial charge on any atom is -0.465 e. The highest BCUT2D eigenvalue weighted by Crippen LogP contribution is 2.17. The molecule has 0 bridgehead atoms. The van der Waals surface area contributed by atoms with Crippen LogP contribution in [0.3, 0.4) is 0 Å². The molecule has 10 heteroatoms. The number of hydrogen-bond acceptors (Lipinski definition) is 5. The van der Waals surface area contributed by atoms with E-state index in [1.54, 1.807) is 36.4 Å². The number of hydrogen-bond donors (Lipinski definition) is 3. The smallest absolute Gasteiger partial charge is 0.404 e. The highest BCUT2D eigenvalue weighted by molar-refractivity contribution is 7.89. The molecule has 3 rings (SSSR count). The van der Waals surface area contributed by atoms with E-state index in [-0.39, 0.29) is 17.9 Å². The van der Waals surface area contributed by atoms with Crippen molar-refractivity contribution in [1.82, 2.24) is 14.9 Å². The molecular formula is C23H26N4O5S. The molecule has 1 saturated heterocycles. The summed E-state index contributed by atoms with van der Waals surface area (Å²) < 4.78 is 28.6. The highest BCUT2D eigenvalue weighted by atomic mass is 32.2. The van der Waals surface area contributed by atoms with Gasteiger partial charge in [-0.2, -0.15) is 9.98 Å². The fourth-order valence-corrected chi connectivity index (χ4v) is 5.04. The first-order chi connectivity index (χ1) is 15.7. The summed E-state index contributed by atoms with van der Waals surface area (Å²) in [5, 5.41) is 20.6. The maximum atomic E-state index is 13.4. The Morgan fingerprint density at radius 2 is 1.97 bits per heavy atom. The van der Waals surface area contributed by atoms with E-state index in [4.69, 9.17) is 5.11 Å². The summed E-state index contributed by atoms with van der Waals surface area (Å²) in [5.41, 5.74) is 1.94. The van der Waals surface area contributed by atoms with Gasteiger partial charge in [0.25, 0.3) is 0 Å².